The molecule has 17 heavy (non-hydrogen) atoms. The Morgan fingerprint density at radius 3 is 3.06 bits per heavy atom. The average molecular weight is 254 g/mol. The van der Waals surface area contributed by atoms with E-state index in [1.54, 1.807) is 10.9 Å². The van der Waals surface area contributed by atoms with Crippen LogP contribution in [0.2, 0.25) is 0 Å². The van der Waals surface area contributed by atoms with Gasteiger partial charge in [-0.1, -0.05) is 10.4 Å². The molecule has 7 heteroatoms. The van der Waals surface area contributed by atoms with E-state index in [4.69, 9.17) is 16.1 Å². The monoisotopic (exact) mass is 253 g/mol. The molecule has 3 rings (SSSR count). The third kappa shape index (κ3) is 2.31. The van der Waals surface area contributed by atoms with Gasteiger partial charge >= 0.3 is 0 Å². The summed E-state index contributed by atoms with van der Waals surface area (Å²) in [4.78, 5) is 4.32. The third-order valence-corrected chi connectivity index (χ3v) is 2.91. The summed E-state index contributed by atoms with van der Waals surface area (Å²) >= 11 is 5.91. The lowest BCUT2D eigenvalue weighted by molar-refractivity contribution is 0.360. The maximum atomic E-state index is 5.91. The van der Waals surface area contributed by atoms with Gasteiger partial charge in [0.2, 0.25) is 5.89 Å². The molecule has 1 aliphatic rings. The lowest BCUT2D eigenvalue weighted by Gasteiger charge is -1.94. The van der Waals surface area contributed by atoms with Crippen LogP contribution in [0.4, 0.5) is 0 Å². The highest BCUT2D eigenvalue weighted by Gasteiger charge is 2.28. The van der Waals surface area contributed by atoms with Crippen LogP contribution in [-0.2, 0) is 6.54 Å². The Labute approximate surface area is 103 Å². The van der Waals surface area contributed by atoms with Crippen LogP contribution in [0.1, 0.15) is 48.5 Å². The van der Waals surface area contributed by atoms with Crippen LogP contribution >= 0.6 is 11.6 Å². The molecule has 1 saturated carbocycles. The predicted molar refractivity (Wildman–Crippen MR) is 59.7 cm³/mol. The highest BCUT2D eigenvalue weighted by atomic mass is 35.5. The molecule has 0 aromatic carbocycles. The van der Waals surface area contributed by atoms with E-state index in [1.807, 2.05) is 6.92 Å². The van der Waals surface area contributed by atoms with Crippen molar-refractivity contribution in [3.63, 3.8) is 0 Å². The molecule has 1 aliphatic carbocycles. The second-order valence-electron chi connectivity index (χ2n) is 4.28. The zero-order chi connectivity index (χ0) is 11.8. The summed E-state index contributed by atoms with van der Waals surface area (Å²) in [6.45, 7) is 2.30. The zero-order valence-corrected chi connectivity index (χ0v) is 10.1. The molecule has 0 bridgehead atoms. The quantitative estimate of drug-likeness (QED) is 0.778. The van der Waals surface area contributed by atoms with Crippen LogP contribution in [0.25, 0.3) is 0 Å². The summed E-state index contributed by atoms with van der Waals surface area (Å²) in [5, 5.41) is 11.7. The van der Waals surface area contributed by atoms with Crippen LogP contribution < -0.4 is 0 Å². The Bertz CT molecular complexity index is 478. The fourth-order valence-corrected chi connectivity index (χ4v) is 1.65. The first kappa shape index (κ1) is 10.7. The van der Waals surface area contributed by atoms with Gasteiger partial charge in [0, 0.05) is 5.92 Å². The molecule has 0 amide bonds. The summed E-state index contributed by atoms with van der Waals surface area (Å²) in [5.74, 6) is 1.87. The number of rotatable bonds is 4. The lowest BCUT2D eigenvalue weighted by atomic mass is 10.4. The maximum Gasteiger partial charge on any atom is 0.248 e. The van der Waals surface area contributed by atoms with Crippen molar-refractivity contribution >= 4 is 11.6 Å². The summed E-state index contributed by atoms with van der Waals surface area (Å²) < 4.78 is 6.81. The van der Waals surface area contributed by atoms with Gasteiger partial charge in [-0.2, -0.15) is 4.98 Å². The van der Waals surface area contributed by atoms with Gasteiger partial charge in [0.05, 0.1) is 11.6 Å². The molecule has 6 nitrogen and oxygen atoms in total. The second kappa shape index (κ2) is 4.10. The number of hydrogen-bond donors (Lipinski definition) is 0. The molecule has 0 spiro atoms. The number of aromatic nitrogens is 5. The molecule has 2 aromatic rings. The fraction of sp³-hybridized carbons (Fsp3) is 0.600. The minimum Gasteiger partial charge on any atom is -0.337 e. The van der Waals surface area contributed by atoms with E-state index >= 15 is 0 Å². The van der Waals surface area contributed by atoms with E-state index in [2.05, 4.69) is 20.5 Å². The fourth-order valence-electron chi connectivity index (χ4n) is 1.55. The van der Waals surface area contributed by atoms with Gasteiger partial charge in [0.15, 0.2) is 5.82 Å². The third-order valence-electron chi connectivity index (χ3n) is 2.69. The van der Waals surface area contributed by atoms with Crippen molar-refractivity contribution in [3.05, 3.63) is 23.6 Å². The highest BCUT2D eigenvalue weighted by Crippen LogP contribution is 2.38. The van der Waals surface area contributed by atoms with Crippen molar-refractivity contribution in [3.8, 4) is 0 Å². The molecule has 1 unspecified atom stereocenters. The van der Waals surface area contributed by atoms with Gasteiger partial charge < -0.3 is 4.52 Å². The summed E-state index contributed by atoms with van der Waals surface area (Å²) in [5.41, 5.74) is 0.744. The predicted octanol–water partition coefficient (Wildman–Crippen LogP) is 1.89. The molecule has 0 radical (unpaired) electrons. The van der Waals surface area contributed by atoms with Gasteiger partial charge in [0.1, 0.15) is 12.2 Å². The van der Waals surface area contributed by atoms with Crippen LogP contribution in [0, 0.1) is 0 Å². The van der Waals surface area contributed by atoms with Crippen molar-refractivity contribution in [1.82, 2.24) is 25.1 Å². The minimum absolute atomic E-state index is 0.145. The van der Waals surface area contributed by atoms with Gasteiger partial charge in [-0.25, -0.2) is 4.68 Å². The Morgan fingerprint density at radius 1 is 1.59 bits per heavy atom. The van der Waals surface area contributed by atoms with Crippen molar-refractivity contribution < 1.29 is 4.52 Å². The molecule has 90 valence electrons. The molecule has 1 atom stereocenters. The van der Waals surface area contributed by atoms with Crippen molar-refractivity contribution in [1.29, 1.82) is 0 Å². The van der Waals surface area contributed by atoms with Crippen LogP contribution in [0.15, 0.2) is 10.7 Å². The molecule has 0 N–H and O–H groups in total. The number of hydrogen-bond acceptors (Lipinski definition) is 5. The molecular weight excluding hydrogens is 242 g/mol. The largest absolute Gasteiger partial charge is 0.337 e. The van der Waals surface area contributed by atoms with E-state index in [9.17, 15) is 0 Å². The van der Waals surface area contributed by atoms with E-state index in [-0.39, 0.29) is 5.38 Å². The van der Waals surface area contributed by atoms with E-state index < -0.39 is 0 Å². The highest BCUT2D eigenvalue weighted by molar-refractivity contribution is 6.20. The average Bonchev–Trinajstić information content (AvgIpc) is 2.87. The summed E-state index contributed by atoms with van der Waals surface area (Å²) in [6.07, 6.45) is 4.12. The van der Waals surface area contributed by atoms with Gasteiger partial charge in [0.25, 0.3) is 0 Å². The van der Waals surface area contributed by atoms with Crippen molar-refractivity contribution in [2.45, 2.75) is 37.6 Å². The van der Waals surface area contributed by atoms with E-state index in [0.29, 0.717) is 18.4 Å². The Morgan fingerprint density at radius 2 is 2.41 bits per heavy atom. The first-order chi connectivity index (χ1) is 8.22. The molecule has 1 fully saturated rings. The number of alkyl halides is 1. The molecule has 0 aliphatic heterocycles. The molecule has 0 saturated heterocycles. The second-order valence-corrected chi connectivity index (χ2v) is 4.93. The smallest absolute Gasteiger partial charge is 0.248 e. The Hall–Kier alpha value is -1.43. The minimum atomic E-state index is -0.145. The Kier molecular flexibility index (Phi) is 2.58. The van der Waals surface area contributed by atoms with Crippen LogP contribution in [0.5, 0.6) is 0 Å². The number of halogens is 1. The van der Waals surface area contributed by atoms with Crippen LogP contribution in [0.3, 0.4) is 0 Å². The van der Waals surface area contributed by atoms with Gasteiger partial charge in [-0.15, -0.1) is 16.7 Å². The first-order valence-corrected chi connectivity index (χ1v) is 6.02. The van der Waals surface area contributed by atoms with Crippen molar-refractivity contribution in [2.75, 3.05) is 0 Å². The maximum absolute atomic E-state index is 5.91. The summed E-state index contributed by atoms with van der Waals surface area (Å²) in [6, 6.07) is 0. The van der Waals surface area contributed by atoms with E-state index in [0.717, 1.165) is 24.4 Å². The molecular formula is C10H12ClN5O. The van der Waals surface area contributed by atoms with Gasteiger partial charge in [-0.3, -0.25) is 0 Å². The summed E-state index contributed by atoms with van der Waals surface area (Å²) in [7, 11) is 0. The lowest BCUT2D eigenvalue weighted by Crippen LogP contribution is -2.00. The SMILES string of the molecule is CC(Cl)c1cn(Cc2nc(C3CC3)no2)nn1. The Balaban J connectivity index is 1.71. The van der Waals surface area contributed by atoms with Crippen molar-refractivity contribution in [2.24, 2.45) is 0 Å². The van der Waals surface area contributed by atoms with Crippen LogP contribution in [-0.4, -0.2) is 25.1 Å². The first-order valence-electron chi connectivity index (χ1n) is 5.59. The normalized spacial score (nSPS) is 17.3. The molecule has 2 heterocycles. The topological polar surface area (TPSA) is 69.6 Å². The number of nitrogens with zero attached hydrogens (tertiary/aromatic N) is 5. The zero-order valence-electron chi connectivity index (χ0n) is 9.38. The molecule has 2 aromatic heterocycles. The standard InChI is InChI=1S/C10H12ClN5O/c1-6(11)8-4-16(15-13-8)5-9-12-10(14-17-9)7-2-3-7/h4,6-7H,2-3,5H2,1H3. The van der Waals surface area contributed by atoms with Gasteiger partial charge in [-0.05, 0) is 19.8 Å². The van der Waals surface area contributed by atoms with E-state index in [1.165, 1.54) is 0 Å².